The standard InChI is InChI=1S/C26H23N3O5/c30-24(28-12-15-11-21(15)25(31)32)23-10-9-16(13-27-23)29-26(33)34-14-22-19-7-3-1-5-17(19)18-6-2-4-8-20(18)22/h1-10,13,15,21-22H,11-12,14H2,(H,28,30)(H,29,33)(H,31,32). The highest BCUT2D eigenvalue weighted by atomic mass is 16.5. The molecule has 1 saturated carbocycles. The van der Waals surface area contributed by atoms with Crippen LogP contribution in [0.25, 0.3) is 11.1 Å². The Balaban J connectivity index is 1.14. The second-order valence-corrected chi connectivity index (χ2v) is 8.53. The lowest BCUT2D eigenvalue weighted by molar-refractivity contribution is -0.138. The zero-order valence-electron chi connectivity index (χ0n) is 18.2. The van der Waals surface area contributed by atoms with Gasteiger partial charge >= 0.3 is 12.1 Å². The predicted octanol–water partition coefficient (Wildman–Crippen LogP) is 3.89. The summed E-state index contributed by atoms with van der Waals surface area (Å²) in [6.45, 7) is 0.503. The van der Waals surface area contributed by atoms with Gasteiger partial charge < -0.3 is 15.2 Å². The van der Waals surface area contributed by atoms with Crippen molar-refractivity contribution in [2.45, 2.75) is 12.3 Å². The van der Waals surface area contributed by atoms with Crippen LogP contribution in [0, 0.1) is 11.8 Å². The molecule has 0 radical (unpaired) electrons. The number of carbonyl (C=O) groups is 3. The minimum Gasteiger partial charge on any atom is -0.481 e. The molecule has 1 fully saturated rings. The van der Waals surface area contributed by atoms with Gasteiger partial charge in [0.15, 0.2) is 0 Å². The summed E-state index contributed by atoms with van der Waals surface area (Å²) < 4.78 is 5.52. The third-order valence-corrected chi connectivity index (χ3v) is 6.35. The Morgan fingerprint density at radius 3 is 2.24 bits per heavy atom. The monoisotopic (exact) mass is 457 g/mol. The van der Waals surface area contributed by atoms with E-state index in [9.17, 15) is 14.4 Å². The SMILES string of the molecule is O=C(Nc1ccc(C(=O)NCC2CC2C(=O)O)nc1)OCC1c2ccccc2-c2ccccc21. The van der Waals surface area contributed by atoms with Gasteiger partial charge in [-0.25, -0.2) is 9.78 Å². The number of rotatable bonds is 7. The molecule has 34 heavy (non-hydrogen) atoms. The number of anilines is 1. The van der Waals surface area contributed by atoms with Crippen molar-refractivity contribution in [2.75, 3.05) is 18.5 Å². The van der Waals surface area contributed by atoms with Crippen LogP contribution in [0.4, 0.5) is 10.5 Å². The minimum atomic E-state index is -0.832. The Morgan fingerprint density at radius 1 is 0.971 bits per heavy atom. The largest absolute Gasteiger partial charge is 0.481 e. The Labute approximate surface area is 196 Å². The van der Waals surface area contributed by atoms with Gasteiger partial charge in [0.25, 0.3) is 5.91 Å². The number of carboxylic acid groups (broad SMARTS) is 1. The highest BCUT2D eigenvalue weighted by Gasteiger charge is 2.43. The molecule has 2 atom stereocenters. The van der Waals surface area contributed by atoms with Gasteiger partial charge in [0.2, 0.25) is 0 Å². The number of amides is 2. The molecule has 2 amide bonds. The van der Waals surface area contributed by atoms with E-state index in [4.69, 9.17) is 9.84 Å². The van der Waals surface area contributed by atoms with E-state index in [1.54, 1.807) is 6.07 Å². The van der Waals surface area contributed by atoms with E-state index < -0.39 is 12.1 Å². The number of carbonyl (C=O) groups excluding carboxylic acids is 2. The normalized spacial score (nSPS) is 17.9. The number of nitrogens with one attached hydrogen (secondary N) is 2. The second kappa shape index (κ2) is 8.97. The van der Waals surface area contributed by atoms with Crippen molar-refractivity contribution in [1.82, 2.24) is 10.3 Å². The molecule has 8 nitrogen and oxygen atoms in total. The average molecular weight is 457 g/mol. The molecule has 2 unspecified atom stereocenters. The Morgan fingerprint density at radius 2 is 1.65 bits per heavy atom. The van der Waals surface area contributed by atoms with E-state index in [0.29, 0.717) is 18.7 Å². The molecule has 2 aromatic carbocycles. The lowest BCUT2D eigenvalue weighted by Gasteiger charge is -2.14. The van der Waals surface area contributed by atoms with Crippen molar-refractivity contribution < 1.29 is 24.2 Å². The second-order valence-electron chi connectivity index (χ2n) is 8.53. The number of ether oxygens (including phenoxy) is 1. The highest BCUT2D eigenvalue weighted by molar-refractivity contribution is 5.93. The maximum absolute atomic E-state index is 12.4. The first-order valence-electron chi connectivity index (χ1n) is 11.1. The van der Waals surface area contributed by atoms with Gasteiger partial charge in [-0.15, -0.1) is 0 Å². The summed E-state index contributed by atoms with van der Waals surface area (Å²) in [5, 5.41) is 14.3. The molecular formula is C26H23N3O5. The molecule has 1 aromatic heterocycles. The van der Waals surface area contributed by atoms with Crippen LogP contribution in [0.1, 0.15) is 34.0 Å². The minimum absolute atomic E-state index is 0.0315. The van der Waals surface area contributed by atoms with E-state index in [1.165, 1.54) is 12.3 Å². The van der Waals surface area contributed by atoms with Gasteiger partial charge in [-0.1, -0.05) is 48.5 Å². The fourth-order valence-electron chi connectivity index (χ4n) is 4.44. The summed E-state index contributed by atoms with van der Waals surface area (Å²) in [6, 6.07) is 19.3. The molecule has 172 valence electrons. The van der Waals surface area contributed by atoms with Crippen molar-refractivity contribution in [2.24, 2.45) is 11.8 Å². The summed E-state index contributed by atoms with van der Waals surface area (Å²) in [5.74, 6) is -1.66. The number of fused-ring (bicyclic) bond motifs is 3. The Kier molecular flexibility index (Phi) is 5.71. The topological polar surface area (TPSA) is 118 Å². The zero-order chi connectivity index (χ0) is 23.7. The van der Waals surface area contributed by atoms with Crippen molar-refractivity contribution in [3.63, 3.8) is 0 Å². The van der Waals surface area contributed by atoms with Gasteiger partial charge in [-0.3, -0.25) is 14.9 Å². The molecule has 1 heterocycles. The quantitative estimate of drug-likeness (QED) is 0.495. The number of pyridine rings is 1. The van der Waals surface area contributed by atoms with Gasteiger partial charge in [-0.05, 0) is 46.7 Å². The van der Waals surface area contributed by atoms with Crippen LogP contribution in [0.3, 0.4) is 0 Å². The van der Waals surface area contributed by atoms with Crippen LogP contribution in [0.15, 0.2) is 66.9 Å². The summed E-state index contributed by atoms with van der Waals surface area (Å²) in [7, 11) is 0. The van der Waals surface area contributed by atoms with Crippen LogP contribution >= 0.6 is 0 Å². The molecule has 0 bridgehead atoms. The maximum atomic E-state index is 12.4. The fourth-order valence-corrected chi connectivity index (χ4v) is 4.44. The van der Waals surface area contributed by atoms with Crippen molar-refractivity contribution >= 4 is 23.7 Å². The van der Waals surface area contributed by atoms with Crippen LogP contribution in [0.5, 0.6) is 0 Å². The van der Waals surface area contributed by atoms with Gasteiger partial charge in [0, 0.05) is 12.5 Å². The molecule has 3 aromatic rings. The predicted molar refractivity (Wildman–Crippen MR) is 124 cm³/mol. The van der Waals surface area contributed by atoms with Crippen LogP contribution in [-0.2, 0) is 9.53 Å². The molecule has 3 N–H and O–H groups in total. The lowest BCUT2D eigenvalue weighted by Crippen LogP contribution is -2.27. The molecule has 8 heteroatoms. The van der Waals surface area contributed by atoms with E-state index in [-0.39, 0.29) is 36.0 Å². The molecule has 2 aliphatic rings. The Bertz CT molecular complexity index is 1210. The molecule has 5 rings (SSSR count). The first kappa shape index (κ1) is 21.6. The summed E-state index contributed by atoms with van der Waals surface area (Å²) >= 11 is 0. The first-order chi connectivity index (χ1) is 16.5. The number of nitrogens with zero attached hydrogens (tertiary/aromatic N) is 1. The fraction of sp³-hybridized carbons (Fsp3) is 0.231. The van der Waals surface area contributed by atoms with Gasteiger partial charge in [0.1, 0.15) is 12.3 Å². The number of benzene rings is 2. The van der Waals surface area contributed by atoms with Crippen LogP contribution in [0.2, 0.25) is 0 Å². The van der Waals surface area contributed by atoms with Crippen molar-refractivity contribution in [3.8, 4) is 11.1 Å². The maximum Gasteiger partial charge on any atom is 0.411 e. The molecule has 2 aliphatic carbocycles. The summed E-state index contributed by atoms with van der Waals surface area (Å²) in [5.41, 5.74) is 5.17. The smallest absolute Gasteiger partial charge is 0.411 e. The van der Waals surface area contributed by atoms with E-state index in [1.807, 2.05) is 24.3 Å². The van der Waals surface area contributed by atoms with Gasteiger partial charge in [0.05, 0.1) is 17.8 Å². The number of hydrogen-bond acceptors (Lipinski definition) is 5. The Hall–Kier alpha value is -4.20. The highest BCUT2D eigenvalue weighted by Crippen LogP contribution is 2.44. The first-order valence-corrected chi connectivity index (χ1v) is 11.1. The summed E-state index contributed by atoms with van der Waals surface area (Å²) in [6.07, 6.45) is 1.36. The number of aromatic nitrogens is 1. The molecule has 0 aliphatic heterocycles. The van der Waals surface area contributed by atoms with Gasteiger partial charge in [-0.2, -0.15) is 0 Å². The van der Waals surface area contributed by atoms with E-state index >= 15 is 0 Å². The van der Waals surface area contributed by atoms with Crippen molar-refractivity contribution in [1.29, 1.82) is 0 Å². The third-order valence-electron chi connectivity index (χ3n) is 6.35. The van der Waals surface area contributed by atoms with Crippen LogP contribution < -0.4 is 10.6 Å². The lowest BCUT2D eigenvalue weighted by atomic mass is 9.98. The molecule has 0 saturated heterocycles. The van der Waals surface area contributed by atoms with E-state index in [0.717, 1.165) is 22.3 Å². The van der Waals surface area contributed by atoms with Crippen molar-refractivity contribution in [3.05, 3.63) is 83.7 Å². The summed E-state index contributed by atoms with van der Waals surface area (Å²) in [4.78, 5) is 39.6. The number of aliphatic carboxylic acids is 1. The van der Waals surface area contributed by atoms with E-state index in [2.05, 4.69) is 39.9 Å². The third kappa shape index (κ3) is 4.34. The molecular weight excluding hydrogens is 434 g/mol. The van der Waals surface area contributed by atoms with Crippen LogP contribution in [-0.4, -0.2) is 41.2 Å². The number of hydrogen-bond donors (Lipinski definition) is 3. The molecule has 0 spiro atoms. The number of carboxylic acids is 1. The average Bonchev–Trinajstić information content (AvgIpc) is 3.57. The zero-order valence-corrected chi connectivity index (χ0v) is 18.2.